The Bertz CT molecular complexity index is 758. The zero-order chi connectivity index (χ0) is 17.7. The lowest BCUT2D eigenvalue weighted by Crippen LogP contribution is -2.19. The van der Waals surface area contributed by atoms with Crippen molar-refractivity contribution in [2.75, 3.05) is 17.8 Å². The number of hydrazone groups is 1. The Morgan fingerprint density at radius 3 is 2.79 bits per heavy atom. The molecule has 6 nitrogen and oxygen atoms in total. The van der Waals surface area contributed by atoms with Gasteiger partial charge in [-0.1, -0.05) is 17.4 Å². The minimum Gasteiger partial charge on any atom is -0.461 e. The van der Waals surface area contributed by atoms with E-state index in [0.717, 1.165) is 23.5 Å². The van der Waals surface area contributed by atoms with Crippen LogP contribution in [0.4, 0.5) is 24.0 Å². The van der Waals surface area contributed by atoms with E-state index < -0.39 is 17.7 Å². The molecule has 24 heavy (non-hydrogen) atoms. The number of hydrogen-bond acceptors (Lipinski definition) is 7. The summed E-state index contributed by atoms with van der Waals surface area (Å²) >= 11 is 1.01. The van der Waals surface area contributed by atoms with Crippen LogP contribution in [0.2, 0.25) is 0 Å². The Labute approximate surface area is 139 Å². The van der Waals surface area contributed by atoms with Crippen LogP contribution in [0.15, 0.2) is 35.6 Å². The second kappa shape index (κ2) is 7.30. The van der Waals surface area contributed by atoms with E-state index in [0.29, 0.717) is 4.88 Å². The van der Waals surface area contributed by atoms with Gasteiger partial charge < -0.3 is 10.5 Å². The van der Waals surface area contributed by atoms with Crippen molar-refractivity contribution in [2.24, 2.45) is 5.10 Å². The quantitative estimate of drug-likeness (QED) is 0.487. The first-order chi connectivity index (χ1) is 11.3. The normalized spacial score (nSPS) is 12.1. The molecule has 0 radical (unpaired) electrons. The third-order valence-electron chi connectivity index (χ3n) is 2.71. The predicted molar refractivity (Wildman–Crippen MR) is 84.8 cm³/mol. The van der Waals surface area contributed by atoms with E-state index in [1.807, 2.05) is 0 Å². The standard InChI is InChI=1S/C14H13F3N4O2S/c1-2-23-12(22)11(10-7-19-13(18)24-10)21-20-9-5-3-4-8(6-9)14(15,16)17/h3-7,20H,2H2,1H3,(H2,18,19). The van der Waals surface area contributed by atoms with Crippen LogP contribution in [0, 0.1) is 0 Å². The van der Waals surface area contributed by atoms with Gasteiger partial charge >= 0.3 is 12.1 Å². The Morgan fingerprint density at radius 1 is 1.46 bits per heavy atom. The average molecular weight is 358 g/mol. The van der Waals surface area contributed by atoms with E-state index in [4.69, 9.17) is 10.5 Å². The topological polar surface area (TPSA) is 89.6 Å². The molecule has 128 valence electrons. The molecule has 0 aliphatic rings. The zero-order valence-corrected chi connectivity index (χ0v) is 13.2. The number of carbonyl (C=O) groups is 1. The lowest BCUT2D eigenvalue weighted by molar-refractivity contribution is -0.137. The molecule has 0 bridgehead atoms. The summed E-state index contributed by atoms with van der Waals surface area (Å²) < 4.78 is 43.0. The van der Waals surface area contributed by atoms with Gasteiger partial charge in [0.2, 0.25) is 0 Å². The SMILES string of the molecule is CCOC(=O)C(=NNc1cccc(C(F)(F)F)c1)c1cnc(N)s1. The Balaban J connectivity index is 2.29. The molecule has 0 saturated heterocycles. The van der Waals surface area contributed by atoms with E-state index in [-0.39, 0.29) is 23.1 Å². The van der Waals surface area contributed by atoms with Crippen LogP contribution in [-0.4, -0.2) is 23.3 Å². The summed E-state index contributed by atoms with van der Waals surface area (Å²) in [5.74, 6) is -0.736. The van der Waals surface area contributed by atoms with Gasteiger partial charge in [0.25, 0.3) is 0 Å². The van der Waals surface area contributed by atoms with Crippen LogP contribution in [0.25, 0.3) is 0 Å². The highest BCUT2D eigenvalue weighted by Gasteiger charge is 2.30. The monoisotopic (exact) mass is 358 g/mol. The van der Waals surface area contributed by atoms with E-state index in [2.05, 4.69) is 15.5 Å². The van der Waals surface area contributed by atoms with Crippen molar-refractivity contribution in [3.05, 3.63) is 40.9 Å². The Hall–Kier alpha value is -2.62. The summed E-state index contributed by atoms with van der Waals surface area (Å²) in [6.07, 6.45) is -3.14. The average Bonchev–Trinajstić information content (AvgIpc) is 2.93. The molecule has 1 heterocycles. The first kappa shape index (κ1) is 17.7. The molecule has 0 saturated carbocycles. The maximum atomic E-state index is 12.7. The molecule has 3 N–H and O–H groups in total. The van der Waals surface area contributed by atoms with Crippen LogP contribution in [0.3, 0.4) is 0 Å². The Morgan fingerprint density at radius 2 is 2.21 bits per heavy atom. The molecule has 2 rings (SSSR count). The van der Waals surface area contributed by atoms with E-state index >= 15 is 0 Å². The number of nitrogens with two attached hydrogens (primary N) is 1. The van der Waals surface area contributed by atoms with Gasteiger partial charge in [0.05, 0.1) is 22.7 Å². The number of anilines is 2. The molecule has 0 fully saturated rings. The number of hydrogen-bond donors (Lipinski definition) is 2. The van der Waals surface area contributed by atoms with Crippen molar-refractivity contribution < 1.29 is 22.7 Å². The maximum absolute atomic E-state index is 12.7. The highest BCUT2D eigenvalue weighted by Crippen LogP contribution is 2.30. The molecule has 0 aliphatic carbocycles. The molecule has 1 aromatic carbocycles. The van der Waals surface area contributed by atoms with Crippen molar-refractivity contribution in [2.45, 2.75) is 13.1 Å². The third-order valence-corrected chi connectivity index (χ3v) is 3.55. The van der Waals surface area contributed by atoms with Gasteiger partial charge in [0.1, 0.15) is 0 Å². The van der Waals surface area contributed by atoms with E-state index in [9.17, 15) is 18.0 Å². The number of thiazole rings is 1. The predicted octanol–water partition coefficient (Wildman–Crippen LogP) is 3.12. The fourth-order valence-electron chi connectivity index (χ4n) is 1.68. The second-order valence-electron chi connectivity index (χ2n) is 4.43. The number of carbonyl (C=O) groups excluding carboxylic acids is 1. The summed E-state index contributed by atoms with van der Waals surface area (Å²) in [7, 11) is 0. The number of halogens is 3. The molecule has 1 aromatic heterocycles. The fourth-order valence-corrected chi connectivity index (χ4v) is 2.35. The minimum absolute atomic E-state index is 0.0733. The van der Waals surface area contributed by atoms with Gasteiger partial charge in [-0.15, -0.1) is 0 Å². The van der Waals surface area contributed by atoms with Gasteiger partial charge in [-0.2, -0.15) is 18.3 Å². The van der Waals surface area contributed by atoms with Crippen molar-refractivity contribution >= 4 is 33.8 Å². The summed E-state index contributed by atoms with van der Waals surface area (Å²) in [5.41, 5.74) is 7.07. The van der Waals surface area contributed by atoms with Crippen molar-refractivity contribution in [1.82, 2.24) is 4.98 Å². The van der Waals surface area contributed by atoms with Gasteiger partial charge in [-0.25, -0.2) is 9.78 Å². The number of rotatable bonds is 5. The minimum atomic E-state index is -4.47. The number of esters is 1. The number of alkyl halides is 3. The zero-order valence-electron chi connectivity index (χ0n) is 12.4. The molecule has 0 spiro atoms. The number of aromatic nitrogens is 1. The lowest BCUT2D eigenvalue weighted by Gasteiger charge is -2.09. The number of ether oxygens (including phenoxy) is 1. The number of nitrogens with one attached hydrogen (secondary N) is 1. The summed E-state index contributed by atoms with van der Waals surface area (Å²) in [6, 6.07) is 4.44. The Kier molecular flexibility index (Phi) is 5.39. The van der Waals surface area contributed by atoms with Crippen LogP contribution >= 0.6 is 11.3 Å². The first-order valence-corrected chi connectivity index (χ1v) is 7.52. The van der Waals surface area contributed by atoms with Crippen LogP contribution in [-0.2, 0) is 15.7 Å². The molecule has 0 atom stereocenters. The molecular weight excluding hydrogens is 345 g/mol. The molecule has 0 aliphatic heterocycles. The van der Waals surface area contributed by atoms with Gasteiger partial charge in [-0.3, -0.25) is 5.43 Å². The van der Waals surface area contributed by atoms with E-state index in [1.54, 1.807) is 6.92 Å². The second-order valence-corrected chi connectivity index (χ2v) is 5.50. The summed E-state index contributed by atoms with van der Waals surface area (Å²) in [5, 5.41) is 4.08. The van der Waals surface area contributed by atoms with Crippen LogP contribution in [0.5, 0.6) is 0 Å². The lowest BCUT2D eigenvalue weighted by atomic mass is 10.2. The van der Waals surface area contributed by atoms with Gasteiger partial charge in [0, 0.05) is 6.20 Å². The van der Waals surface area contributed by atoms with Crippen LogP contribution < -0.4 is 11.2 Å². The third kappa shape index (κ3) is 4.44. The summed E-state index contributed by atoms with van der Waals surface area (Å²) in [4.78, 5) is 16.1. The molecule has 0 amide bonds. The van der Waals surface area contributed by atoms with Gasteiger partial charge in [0.15, 0.2) is 10.8 Å². The first-order valence-electron chi connectivity index (χ1n) is 6.71. The molecule has 2 aromatic rings. The summed E-state index contributed by atoms with van der Waals surface area (Å²) in [6.45, 7) is 1.74. The van der Waals surface area contributed by atoms with Crippen molar-refractivity contribution in [3.63, 3.8) is 0 Å². The highest BCUT2D eigenvalue weighted by atomic mass is 32.1. The smallest absolute Gasteiger partial charge is 0.416 e. The number of nitrogen functional groups attached to an aromatic ring is 1. The van der Waals surface area contributed by atoms with Crippen LogP contribution in [0.1, 0.15) is 17.4 Å². The highest BCUT2D eigenvalue weighted by molar-refractivity contribution is 7.18. The number of benzene rings is 1. The maximum Gasteiger partial charge on any atom is 0.416 e. The van der Waals surface area contributed by atoms with Crippen molar-refractivity contribution in [1.29, 1.82) is 0 Å². The number of nitrogens with zero attached hydrogens (tertiary/aromatic N) is 2. The molecule has 10 heteroatoms. The molecule has 0 unspecified atom stereocenters. The van der Waals surface area contributed by atoms with E-state index in [1.165, 1.54) is 18.3 Å². The van der Waals surface area contributed by atoms with Crippen molar-refractivity contribution in [3.8, 4) is 0 Å². The largest absolute Gasteiger partial charge is 0.461 e. The fraction of sp³-hybridized carbons (Fsp3) is 0.214. The van der Waals surface area contributed by atoms with Gasteiger partial charge in [-0.05, 0) is 25.1 Å². The molecular formula is C14H13F3N4O2S.